The van der Waals surface area contributed by atoms with E-state index < -0.39 is 0 Å². The number of hydrogen-bond donors (Lipinski definition) is 1. The molecule has 1 fully saturated rings. The summed E-state index contributed by atoms with van der Waals surface area (Å²) in [6.07, 6.45) is 2.30. The summed E-state index contributed by atoms with van der Waals surface area (Å²) in [6, 6.07) is 0.455. The van der Waals surface area contributed by atoms with Gasteiger partial charge in [-0.3, -0.25) is 4.68 Å². The van der Waals surface area contributed by atoms with Gasteiger partial charge in [0.2, 0.25) is 5.16 Å². The van der Waals surface area contributed by atoms with Crippen molar-refractivity contribution in [3.05, 3.63) is 5.69 Å². The van der Waals surface area contributed by atoms with Gasteiger partial charge in [0.15, 0.2) is 0 Å². The highest BCUT2D eigenvalue weighted by atomic mass is 32.2. The molecule has 2 aromatic rings. The molecule has 0 spiro atoms. The second-order valence-corrected chi connectivity index (χ2v) is 6.08. The fourth-order valence-electron chi connectivity index (χ4n) is 1.98. The molecule has 0 aromatic carbocycles. The summed E-state index contributed by atoms with van der Waals surface area (Å²) in [5.41, 5.74) is 7.84. The number of tetrazole rings is 1. The number of aryl methyl sites for hydroxylation is 1. The van der Waals surface area contributed by atoms with E-state index >= 15 is 0 Å². The Morgan fingerprint density at radius 3 is 2.68 bits per heavy atom. The molecule has 1 aliphatic rings. The van der Waals surface area contributed by atoms with Crippen LogP contribution in [-0.2, 0) is 7.05 Å². The zero-order valence-electron chi connectivity index (χ0n) is 11.2. The molecule has 0 amide bonds. The van der Waals surface area contributed by atoms with Gasteiger partial charge in [0, 0.05) is 7.05 Å². The molecule has 19 heavy (non-hydrogen) atoms. The van der Waals surface area contributed by atoms with Crippen LogP contribution in [0.15, 0.2) is 10.2 Å². The molecule has 0 radical (unpaired) electrons. The van der Waals surface area contributed by atoms with Gasteiger partial charge < -0.3 is 5.73 Å². The van der Waals surface area contributed by atoms with E-state index in [0.29, 0.717) is 12.0 Å². The molecule has 8 heteroatoms. The summed E-state index contributed by atoms with van der Waals surface area (Å²) >= 11 is 1.48. The fraction of sp³-hybridized carbons (Fsp3) is 0.636. The molecule has 2 heterocycles. The Hall–Kier alpha value is -1.57. The number of nitrogen functional groups attached to an aromatic ring is 1. The van der Waals surface area contributed by atoms with Crippen molar-refractivity contribution in [2.24, 2.45) is 7.05 Å². The first-order valence-electron chi connectivity index (χ1n) is 6.36. The molecule has 2 aromatic heterocycles. The van der Waals surface area contributed by atoms with Crippen molar-refractivity contribution in [3.8, 4) is 0 Å². The van der Waals surface area contributed by atoms with Crippen LogP contribution in [0.4, 0.5) is 5.69 Å². The molecule has 0 atom stereocenters. The Balaban J connectivity index is 1.92. The van der Waals surface area contributed by atoms with Crippen molar-refractivity contribution in [1.82, 2.24) is 30.0 Å². The molecule has 0 unspecified atom stereocenters. The monoisotopic (exact) mass is 279 g/mol. The Morgan fingerprint density at radius 1 is 1.37 bits per heavy atom. The van der Waals surface area contributed by atoms with Gasteiger partial charge in [0.25, 0.3) is 0 Å². The van der Waals surface area contributed by atoms with Gasteiger partial charge in [0.05, 0.1) is 17.4 Å². The molecule has 0 bridgehead atoms. The van der Waals surface area contributed by atoms with E-state index in [9.17, 15) is 0 Å². The van der Waals surface area contributed by atoms with Gasteiger partial charge in [-0.1, -0.05) is 13.8 Å². The summed E-state index contributed by atoms with van der Waals surface area (Å²) in [6.45, 7) is 4.17. The zero-order chi connectivity index (χ0) is 13.6. The molecule has 102 valence electrons. The lowest BCUT2D eigenvalue weighted by molar-refractivity contribution is 0.564. The lowest BCUT2D eigenvalue weighted by Gasteiger charge is -2.04. The third-order valence-corrected chi connectivity index (χ3v) is 4.28. The van der Waals surface area contributed by atoms with Crippen LogP contribution in [-0.4, -0.2) is 30.0 Å². The maximum atomic E-state index is 6.18. The fourth-order valence-corrected chi connectivity index (χ4v) is 2.90. The second-order valence-electron chi connectivity index (χ2n) is 5.12. The normalized spacial score (nSPS) is 15.4. The van der Waals surface area contributed by atoms with Crippen LogP contribution < -0.4 is 5.73 Å². The highest BCUT2D eigenvalue weighted by Crippen LogP contribution is 2.40. The number of rotatable bonds is 4. The lowest BCUT2D eigenvalue weighted by atomic mass is 10.1. The van der Waals surface area contributed by atoms with Crippen LogP contribution in [0.5, 0.6) is 0 Å². The summed E-state index contributed by atoms with van der Waals surface area (Å²) in [4.78, 5) is 0. The van der Waals surface area contributed by atoms with Crippen molar-refractivity contribution in [1.29, 1.82) is 0 Å². The van der Waals surface area contributed by atoms with Crippen LogP contribution in [0, 0.1) is 0 Å². The Morgan fingerprint density at radius 2 is 2.11 bits per heavy atom. The Bertz CT molecular complexity index is 596. The van der Waals surface area contributed by atoms with E-state index in [1.807, 2.05) is 11.7 Å². The van der Waals surface area contributed by atoms with Crippen LogP contribution in [0.3, 0.4) is 0 Å². The van der Waals surface area contributed by atoms with Crippen molar-refractivity contribution < 1.29 is 0 Å². The van der Waals surface area contributed by atoms with Crippen LogP contribution in [0.25, 0.3) is 0 Å². The number of hydrogen-bond acceptors (Lipinski definition) is 6. The van der Waals surface area contributed by atoms with Gasteiger partial charge in [-0.25, -0.2) is 4.68 Å². The van der Waals surface area contributed by atoms with Crippen LogP contribution in [0.1, 0.15) is 44.3 Å². The quantitative estimate of drug-likeness (QED) is 0.914. The van der Waals surface area contributed by atoms with Crippen molar-refractivity contribution in [3.63, 3.8) is 0 Å². The highest BCUT2D eigenvalue weighted by Gasteiger charge is 2.29. The maximum absolute atomic E-state index is 6.18. The molecule has 3 rings (SSSR count). The largest absolute Gasteiger partial charge is 0.395 e. The summed E-state index contributed by atoms with van der Waals surface area (Å²) < 4.78 is 3.69. The van der Waals surface area contributed by atoms with Gasteiger partial charge in [0.1, 0.15) is 5.03 Å². The Labute approximate surface area is 115 Å². The molecule has 2 N–H and O–H groups in total. The minimum absolute atomic E-state index is 0.306. The van der Waals surface area contributed by atoms with Gasteiger partial charge in [-0.2, -0.15) is 5.10 Å². The zero-order valence-corrected chi connectivity index (χ0v) is 12.1. The molecular formula is C11H17N7S. The van der Waals surface area contributed by atoms with Gasteiger partial charge >= 0.3 is 0 Å². The number of anilines is 1. The second kappa shape index (κ2) is 4.52. The molecule has 1 aliphatic carbocycles. The Kier molecular flexibility index (Phi) is 2.96. The first-order chi connectivity index (χ1) is 9.08. The van der Waals surface area contributed by atoms with Gasteiger partial charge in [-0.15, -0.1) is 5.10 Å². The van der Waals surface area contributed by atoms with Crippen molar-refractivity contribution >= 4 is 17.4 Å². The summed E-state index contributed by atoms with van der Waals surface area (Å²) in [7, 11) is 1.90. The smallest absolute Gasteiger partial charge is 0.215 e. The average molecular weight is 279 g/mol. The topological polar surface area (TPSA) is 87.4 Å². The number of nitrogens with two attached hydrogens (primary N) is 1. The summed E-state index contributed by atoms with van der Waals surface area (Å²) in [5.74, 6) is 0.306. The molecule has 0 saturated heterocycles. The van der Waals surface area contributed by atoms with E-state index in [1.165, 1.54) is 11.8 Å². The van der Waals surface area contributed by atoms with E-state index in [2.05, 4.69) is 34.5 Å². The minimum atomic E-state index is 0.306. The van der Waals surface area contributed by atoms with E-state index in [0.717, 1.165) is 34.4 Å². The predicted molar refractivity (Wildman–Crippen MR) is 71.9 cm³/mol. The third kappa shape index (κ3) is 2.20. The van der Waals surface area contributed by atoms with E-state index in [4.69, 9.17) is 5.73 Å². The first-order valence-corrected chi connectivity index (χ1v) is 7.17. The standard InChI is InChI=1S/C11H17N7S/c1-6(2)9-8(12)10(17(3)14-9)19-11-13-15-16-18(11)7-4-5-7/h6-7H,4-5,12H2,1-3H3. The average Bonchev–Trinajstić information content (AvgIpc) is 3.04. The molecular weight excluding hydrogens is 262 g/mol. The van der Waals surface area contributed by atoms with Crippen LogP contribution >= 0.6 is 11.8 Å². The third-order valence-electron chi connectivity index (χ3n) is 3.15. The van der Waals surface area contributed by atoms with Crippen molar-refractivity contribution in [2.45, 2.75) is 48.8 Å². The lowest BCUT2D eigenvalue weighted by Crippen LogP contribution is -2.00. The SMILES string of the molecule is CC(C)c1nn(C)c(Sc2nnnn2C2CC2)c1N. The minimum Gasteiger partial charge on any atom is -0.395 e. The van der Waals surface area contributed by atoms with Crippen molar-refractivity contribution in [2.75, 3.05) is 5.73 Å². The van der Waals surface area contributed by atoms with E-state index in [-0.39, 0.29) is 0 Å². The number of aromatic nitrogens is 6. The maximum Gasteiger partial charge on any atom is 0.215 e. The molecule has 0 aliphatic heterocycles. The molecule has 1 saturated carbocycles. The van der Waals surface area contributed by atoms with Crippen LogP contribution in [0.2, 0.25) is 0 Å². The highest BCUT2D eigenvalue weighted by molar-refractivity contribution is 7.99. The predicted octanol–water partition coefficient (Wildman–Crippen LogP) is 1.60. The number of nitrogens with zero attached hydrogens (tertiary/aromatic N) is 6. The first kappa shape index (κ1) is 12.5. The van der Waals surface area contributed by atoms with E-state index in [1.54, 1.807) is 4.68 Å². The van der Waals surface area contributed by atoms with Gasteiger partial charge in [-0.05, 0) is 40.9 Å². The summed E-state index contributed by atoms with van der Waals surface area (Å²) in [5, 5.41) is 18.0. The molecule has 7 nitrogen and oxygen atoms in total.